The molecular formula is C12H6ClFN2OS. The first-order valence-corrected chi connectivity index (χ1v) is 6.33. The Morgan fingerprint density at radius 3 is 3.00 bits per heavy atom. The fourth-order valence-electron chi connectivity index (χ4n) is 1.70. The molecule has 90 valence electrons. The Kier molecular flexibility index (Phi) is 2.65. The summed E-state index contributed by atoms with van der Waals surface area (Å²) in [5.41, 5.74) is 0.170. The molecule has 3 rings (SSSR count). The normalized spacial score (nSPS) is 11.0. The van der Waals surface area contributed by atoms with Crippen LogP contribution in [0, 0.1) is 5.82 Å². The van der Waals surface area contributed by atoms with Gasteiger partial charge in [0.1, 0.15) is 4.70 Å². The molecule has 0 bridgehead atoms. The van der Waals surface area contributed by atoms with E-state index in [9.17, 15) is 9.18 Å². The number of nitrogens with zero attached hydrogens (tertiary/aromatic N) is 2. The molecule has 0 N–H and O–H groups in total. The summed E-state index contributed by atoms with van der Waals surface area (Å²) in [4.78, 5) is 15.9. The van der Waals surface area contributed by atoms with Crippen molar-refractivity contribution in [1.29, 1.82) is 0 Å². The van der Waals surface area contributed by atoms with Gasteiger partial charge in [0.2, 0.25) is 0 Å². The van der Waals surface area contributed by atoms with E-state index in [-0.39, 0.29) is 10.7 Å². The van der Waals surface area contributed by atoms with Gasteiger partial charge >= 0.3 is 0 Å². The second-order valence-corrected chi connectivity index (χ2v) is 4.94. The number of rotatable bonds is 1. The third kappa shape index (κ3) is 1.72. The number of thiophene rings is 1. The molecule has 0 aromatic carbocycles. The molecule has 0 amide bonds. The Bertz CT molecular complexity index is 796. The zero-order chi connectivity index (χ0) is 12.7. The lowest BCUT2D eigenvalue weighted by molar-refractivity contribution is 0.620. The van der Waals surface area contributed by atoms with Crippen LogP contribution in [0.5, 0.6) is 0 Å². The molecule has 0 radical (unpaired) electrons. The molecule has 0 spiro atoms. The van der Waals surface area contributed by atoms with Gasteiger partial charge in [-0.05, 0) is 22.9 Å². The molecule has 0 unspecified atom stereocenters. The van der Waals surface area contributed by atoms with Crippen LogP contribution in [0.25, 0.3) is 15.8 Å². The van der Waals surface area contributed by atoms with Gasteiger partial charge in [0, 0.05) is 12.3 Å². The minimum absolute atomic E-state index is 0.189. The highest BCUT2D eigenvalue weighted by Crippen LogP contribution is 2.18. The molecule has 0 aliphatic heterocycles. The predicted molar refractivity (Wildman–Crippen MR) is 70.2 cm³/mol. The Morgan fingerprint density at radius 1 is 1.39 bits per heavy atom. The maximum atomic E-state index is 13.3. The van der Waals surface area contributed by atoms with Crippen LogP contribution in [-0.2, 0) is 0 Å². The maximum absolute atomic E-state index is 13.3. The van der Waals surface area contributed by atoms with Crippen LogP contribution in [0.4, 0.5) is 4.39 Å². The third-order valence-corrected chi connectivity index (χ3v) is 3.77. The van der Waals surface area contributed by atoms with E-state index in [1.807, 2.05) is 11.4 Å². The minimum atomic E-state index is -0.646. The van der Waals surface area contributed by atoms with Crippen molar-refractivity contribution in [3.05, 3.63) is 57.3 Å². The number of hydrogen-bond acceptors (Lipinski definition) is 3. The van der Waals surface area contributed by atoms with Crippen molar-refractivity contribution in [1.82, 2.24) is 9.55 Å². The highest BCUT2D eigenvalue weighted by molar-refractivity contribution is 7.17. The Hall–Kier alpha value is -1.72. The number of halogens is 2. The molecule has 0 fully saturated rings. The molecule has 0 saturated carbocycles. The topological polar surface area (TPSA) is 34.9 Å². The van der Waals surface area contributed by atoms with Gasteiger partial charge < -0.3 is 0 Å². The SMILES string of the molecule is O=c1c2sccc2ccn1-c1cnc(Cl)c(F)c1. The van der Waals surface area contributed by atoms with Crippen molar-refractivity contribution in [3.8, 4) is 5.69 Å². The van der Waals surface area contributed by atoms with Gasteiger partial charge in [0.05, 0.1) is 11.9 Å². The van der Waals surface area contributed by atoms with Crippen molar-refractivity contribution < 1.29 is 4.39 Å². The van der Waals surface area contributed by atoms with Crippen LogP contribution in [0.3, 0.4) is 0 Å². The van der Waals surface area contributed by atoms with E-state index < -0.39 is 5.82 Å². The highest BCUT2D eigenvalue weighted by atomic mass is 35.5. The van der Waals surface area contributed by atoms with Gasteiger partial charge in [-0.25, -0.2) is 9.37 Å². The Labute approximate surface area is 110 Å². The van der Waals surface area contributed by atoms with Crippen molar-refractivity contribution in [3.63, 3.8) is 0 Å². The van der Waals surface area contributed by atoms with Gasteiger partial charge in [-0.15, -0.1) is 11.3 Å². The second kappa shape index (κ2) is 4.19. The molecule has 0 aliphatic carbocycles. The summed E-state index contributed by atoms with van der Waals surface area (Å²) in [6.45, 7) is 0. The largest absolute Gasteiger partial charge is 0.281 e. The average molecular weight is 281 g/mol. The van der Waals surface area contributed by atoms with Crippen molar-refractivity contribution in [2.75, 3.05) is 0 Å². The molecule has 6 heteroatoms. The second-order valence-electron chi connectivity index (χ2n) is 3.66. The van der Waals surface area contributed by atoms with E-state index in [2.05, 4.69) is 4.98 Å². The van der Waals surface area contributed by atoms with E-state index in [4.69, 9.17) is 11.6 Å². The molecule has 0 saturated heterocycles. The predicted octanol–water partition coefficient (Wildman–Crippen LogP) is 3.24. The lowest BCUT2D eigenvalue weighted by atomic mass is 10.3. The third-order valence-electron chi connectivity index (χ3n) is 2.57. The van der Waals surface area contributed by atoms with E-state index in [1.54, 1.807) is 12.3 Å². The number of aromatic nitrogens is 2. The van der Waals surface area contributed by atoms with Crippen molar-refractivity contribution in [2.24, 2.45) is 0 Å². The van der Waals surface area contributed by atoms with Gasteiger partial charge in [0.15, 0.2) is 11.0 Å². The molecular weight excluding hydrogens is 275 g/mol. The van der Waals surface area contributed by atoms with Gasteiger partial charge in [-0.2, -0.15) is 0 Å². The summed E-state index contributed by atoms with van der Waals surface area (Å²) in [6, 6.07) is 4.86. The standard InChI is InChI=1S/C12H6ClFN2OS/c13-11-9(14)5-8(6-15-11)16-3-1-7-2-4-18-10(7)12(16)17/h1-6H. The molecule has 3 aromatic rings. The van der Waals surface area contributed by atoms with Crippen molar-refractivity contribution >= 4 is 33.0 Å². The van der Waals surface area contributed by atoms with Crippen LogP contribution in [0.15, 0.2) is 40.8 Å². The number of fused-ring (bicyclic) bond motifs is 1. The van der Waals surface area contributed by atoms with E-state index in [0.29, 0.717) is 10.4 Å². The monoisotopic (exact) mass is 280 g/mol. The van der Waals surface area contributed by atoms with E-state index >= 15 is 0 Å². The molecule has 3 nitrogen and oxygen atoms in total. The van der Waals surface area contributed by atoms with Crippen LogP contribution in [-0.4, -0.2) is 9.55 Å². The maximum Gasteiger partial charge on any atom is 0.273 e. The fourth-order valence-corrected chi connectivity index (χ4v) is 2.63. The zero-order valence-electron chi connectivity index (χ0n) is 8.93. The average Bonchev–Trinajstić information content (AvgIpc) is 2.83. The highest BCUT2D eigenvalue weighted by Gasteiger charge is 2.08. The molecule has 18 heavy (non-hydrogen) atoms. The van der Waals surface area contributed by atoms with E-state index in [0.717, 1.165) is 5.39 Å². The summed E-state index contributed by atoms with van der Waals surface area (Å²) in [7, 11) is 0. The first-order chi connectivity index (χ1) is 8.66. The fraction of sp³-hybridized carbons (Fsp3) is 0. The minimum Gasteiger partial charge on any atom is -0.281 e. The quantitative estimate of drug-likeness (QED) is 0.642. The molecule has 0 aliphatic rings. The molecule has 0 atom stereocenters. The van der Waals surface area contributed by atoms with Crippen LogP contribution < -0.4 is 5.56 Å². The summed E-state index contributed by atoms with van der Waals surface area (Å²) < 4.78 is 15.3. The lowest BCUT2D eigenvalue weighted by Gasteiger charge is -2.05. The first kappa shape index (κ1) is 11.4. The Morgan fingerprint density at radius 2 is 2.22 bits per heavy atom. The first-order valence-electron chi connectivity index (χ1n) is 5.07. The number of hydrogen-bond donors (Lipinski definition) is 0. The smallest absolute Gasteiger partial charge is 0.273 e. The molecule has 3 aromatic heterocycles. The van der Waals surface area contributed by atoms with Gasteiger partial charge in [0.25, 0.3) is 5.56 Å². The Balaban J connectivity index is 2.28. The van der Waals surface area contributed by atoms with Gasteiger partial charge in [-0.1, -0.05) is 11.6 Å². The van der Waals surface area contributed by atoms with Gasteiger partial charge in [-0.3, -0.25) is 9.36 Å². The zero-order valence-corrected chi connectivity index (χ0v) is 10.5. The van der Waals surface area contributed by atoms with Crippen LogP contribution in [0.1, 0.15) is 0 Å². The summed E-state index contributed by atoms with van der Waals surface area (Å²) in [6.07, 6.45) is 2.97. The lowest BCUT2D eigenvalue weighted by Crippen LogP contribution is -2.16. The van der Waals surface area contributed by atoms with Crippen LogP contribution in [0.2, 0.25) is 5.15 Å². The number of pyridine rings is 2. The summed E-state index contributed by atoms with van der Waals surface area (Å²) in [5.74, 6) is -0.646. The summed E-state index contributed by atoms with van der Waals surface area (Å²) in [5, 5.41) is 2.52. The summed E-state index contributed by atoms with van der Waals surface area (Å²) >= 11 is 6.87. The van der Waals surface area contributed by atoms with Crippen molar-refractivity contribution in [2.45, 2.75) is 0 Å². The van der Waals surface area contributed by atoms with Crippen LogP contribution >= 0.6 is 22.9 Å². The van der Waals surface area contributed by atoms with E-state index in [1.165, 1.54) is 28.2 Å². The molecule has 3 heterocycles.